The highest BCUT2D eigenvalue weighted by Gasteiger charge is 2.11. The Morgan fingerprint density at radius 2 is 1.71 bits per heavy atom. The SMILES string of the molecule is O=C(Cc1ccc(NC(=O)c2ccc(Br)o2)cc1)NCc1ccc(-n2cncn2)cc1. The number of halogens is 1. The van der Waals surface area contributed by atoms with Gasteiger partial charge in [-0.25, -0.2) is 9.67 Å². The number of hydrogen-bond donors (Lipinski definition) is 2. The van der Waals surface area contributed by atoms with Crippen LogP contribution in [0.1, 0.15) is 21.7 Å². The average Bonchev–Trinajstić information content (AvgIpc) is 3.46. The van der Waals surface area contributed by atoms with Gasteiger partial charge in [0.05, 0.1) is 12.1 Å². The Bertz CT molecular complexity index is 1170. The third-order valence-electron chi connectivity index (χ3n) is 4.48. The van der Waals surface area contributed by atoms with E-state index in [9.17, 15) is 9.59 Å². The summed E-state index contributed by atoms with van der Waals surface area (Å²) in [4.78, 5) is 28.3. The van der Waals surface area contributed by atoms with Gasteiger partial charge in [-0.15, -0.1) is 0 Å². The molecule has 4 rings (SSSR count). The quantitative estimate of drug-likeness (QED) is 0.420. The summed E-state index contributed by atoms with van der Waals surface area (Å²) in [5, 5.41) is 9.74. The van der Waals surface area contributed by atoms with E-state index in [1.807, 2.05) is 24.3 Å². The van der Waals surface area contributed by atoms with Crippen LogP contribution < -0.4 is 10.6 Å². The van der Waals surface area contributed by atoms with Gasteiger partial charge in [0, 0.05) is 12.2 Å². The van der Waals surface area contributed by atoms with Gasteiger partial charge in [0.15, 0.2) is 10.4 Å². The van der Waals surface area contributed by atoms with Crippen LogP contribution in [0.3, 0.4) is 0 Å². The van der Waals surface area contributed by atoms with Crippen LogP contribution >= 0.6 is 15.9 Å². The molecular weight excluding hydrogens is 462 g/mol. The second kappa shape index (κ2) is 9.40. The minimum absolute atomic E-state index is 0.0856. The molecule has 0 aliphatic carbocycles. The van der Waals surface area contributed by atoms with Crippen LogP contribution in [-0.4, -0.2) is 26.6 Å². The molecule has 0 radical (unpaired) electrons. The minimum Gasteiger partial charge on any atom is -0.444 e. The van der Waals surface area contributed by atoms with Gasteiger partial charge < -0.3 is 15.1 Å². The van der Waals surface area contributed by atoms with Crippen molar-refractivity contribution in [2.75, 3.05) is 5.32 Å². The maximum Gasteiger partial charge on any atom is 0.291 e. The fourth-order valence-corrected chi connectivity index (χ4v) is 3.20. The van der Waals surface area contributed by atoms with E-state index in [1.54, 1.807) is 47.4 Å². The van der Waals surface area contributed by atoms with Crippen LogP contribution in [0.4, 0.5) is 5.69 Å². The summed E-state index contributed by atoms with van der Waals surface area (Å²) in [6, 6.07) is 18.1. The number of aromatic nitrogens is 3. The Balaban J connectivity index is 1.26. The number of carbonyl (C=O) groups is 2. The third-order valence-corrected chi connectivity index (χ3v) is 4.91. The van der Waals surface area contributed by atoms with Gasteiger partial charge in [0.2, 0.25) is 5.91 Å². The highest BCUT2D eigenvalue weighted by Crippen LogP contribution is 2.17. The number of benzene rings is 2. The third kappa shape index (κ3) is 5.46. The van der Waals surface area contributed by atoms with Gasteiger partial charge in [-0.2, -0.15) is 5.10 Å². The van der Waals surface area contributed by atoms with Crippen molar-refractivity contribution in [3.05, 3.63) is 94.9 Å². The number of amides is 2. The number of furan rings is 1. The van der Waals surface area contributed by atoms with Crippen LogP contribution in [-0.2, 0) is 17.8 Å². The lowest BCUT2D eigenvalue weighted by Crippen LogP contribution is -2.24. The van der Waals surface area contributed by atoms with E-state index < -0.39 is 0 Å². The van der Waals surface area contributed by atoms with E-state index in [1.165, 1.54) is 6.33 Å². The second-order valence-electron chi connectivity index (χ2n) is 6.71. The first-order valence-electron chi connectivity index (χ1n) is 9.43. The van der Waals surface area contributed by atoms with Crippen LogP contribution in [0.25, 0.3) is 5.69 Å². The Labute approximate surface area is 186 Å². The molecule has 31 heavy (non-hydrogen) atoms. The molecule has 2 aromatic carbocycles. The lowest BCUT2D eigenvalue weighted by molar-refractivity contribution is -0.120. The summed E-state index contributed by atoms with van der Waals surface area (Å²) in [5.41, 5.74) is 3.35. The number of carbonyl (C=O) groups excluding carboxylic acids is 2. The number of rotatable bonds is 7. The number of anilines is 1. The monoisotopic (exact) mass is 479 g/mol. The molecule has 4 aromatic rings. The van der Waals surface area contributed by atoms with Crippen molar-refractivity contribution in [1.29, 1.82) is 0 Å². The van der Waals surface area contributed by atoms with Gasteiger partial charge >= 0.3 is 0 Å². The largest absolute Gasteiger partial charge is 0.444 e. The molecule has 2 amide bonds. The van der Waals surface area contributed by atoms with Gasteiger partial charge in [0.25, 0.3) is 5.91 Å². The standard InChI is InChI=1S/C22H18BrN5O3/c23-20-10-9-19(31-20)22(30)27-17-5-1-15(2-6-17)11-21(29)25-12-16-3-7-18(8-4-16)28-14-24-13-26-28/h1-10,13-14H,11-12H2,(H,25,29)(H,27,30). The van der Waals surface area contributed by atoms with Gasteiger partial charge in [0.1, 0.15) is 12.7 Å². The fourth-order valence-electron chi connectivity index (χ4n) is 2.89. The predicted octanol–water partition coefficient (Wildman–Crippen LogP) is 3.73. The van der Waals surface area contributed by atoms with Crippen LogP contribution in [0.5, 0.6) is 0 Å². The molecule has 0 atom stereocenters. The lowest BCUT2D eigenvalue weighted by Gasteiger charge is -2.08. The number of nitrogens with zero attached hydrogens (tertiary/aromatic N) is 3. The summed E-state index contributed by atoms with van der Waals surface area (Å²) < 4.78 is 7.39. The zero-order valence-electron chi connectivity index (χ0n) is 16.3. The molecule has 2 aromatic heterocycles. The predicted molar refractivity (Wildman–Crippen MR) is 118 cm³/mol. The zero-order chi connectivity index (χ0) is 21.6. The Kier molecular flexibility index (Phi) is 6.23. The molecule has 8 nitrogen and oxygen atoms in total. The van der Waals surface area contributed by atoms with Crippen molar-refractivity contribution in [1.82, 2.24) is 20.1 Å². The molecule has 0 aliphatic rings. The first kappa shape index (κ1) is 20.5. The van der Waals surface area contributed by atoms with E-state index >= 15 is 0 Å². The zero-order valence-corrected chi connectivity index (χ0v) is 17.9. The second-order valence-corrected chi connectivity index (χ2v) is 7.50. The van der Waals surface area contributed by atoms with Crippen molar-refractivity contribution in [3.63, 3.8) is 0 Å². The number of hydrogen-bond acceptors (Lipinski definition) is 5. The molecule has 0 unspecified atom stereocenters. The fraction of sp³-hybridized carbons (Fsp3) is 0.0909. The van der Waals surface area contributed by atoms with E-state index in [0.717, 1.165) is 16.8 Å². The van der Waals surface area contributed by atoms with Crippen molar-refractivity contribution < 1.29 is 14.0 Å². The normalized spacial score (nSPS) is 10.6. The number of nitrogens with one attached hydrogen (secondary N) is 2. The molecule has 156 valence electrons. The van der Waals surface area contributed by atoms with E-state index in [0.29, 0.717) is 16.9 Å². The summed E-state index contributed by atoms with van der Waals surface area (Å²) in [6.45, 7) is 0.434. The van der Waals surface area contributed by atoms with E-state index in [4.69, 9.17) is 4.42 Å². The van der Waals surface area contributed by atoms with Crippen LogP contribution in [0.2, 0.25) is 0 Å². The van der Waals surface area contributed by atoms with Gasteiger partial charge in [-0.3, -0.25) is 9.59 Å². The molecule has 0 saturated heterocycles. The first-order chi connectivity index (χ1) is 15.1. The van der Waals surface area contributed by atoms with Crippen molar-refractivity contribution in [3.8, 4) is 5.69 Å². The molecule has 0 saturated carbocycles. The lowest BCUT2D eigenvalue weighted by atomic mass is 10.1. The van der Waals surface area contributed by atoms with Gasteiger partial charge in [-0.05, 0) is 63.5 Å². The summed E-state index contributed by atoms with van der Waals surface area (Å²) in [7, 11) is 0. The Morgan fingerprint density at radius 1 is 0.968 bits per heavy atom. The van der Waals surface area contributed by atoms with Gasteiger partial charge in [-0.1, -0.05) is 24.3 Å². The van der Waals surface area contributed by atoms with Crippen molar-refractivity contribution >= 4 is 33.4 Å². The summed E-state index contributed by atoms with van der Waals surface area (Å²) in [5.74, 6) is -0.215. The Morgan fingerprint density at radius 3 is 2.35 bits per heavy atom. The average molecular weight is 480 g/mol. The summed E-state index contributed by atoms with van der Waals surface area (Å²) >= 11 is 3.17. The Hall–Kier alpha value is -3.72. The minimum atomic E-state index is -0.342. The van der Waals surface area contributed by atoms with E-state index in [2.05, 4.69) is 36.6 Å². The smallest absolute Gasteiger partial charge is 0.291 e. The maximum atomic E-state index is 12.3. The van der Waals surface area contributed by atoms with Crippen molar-refractivity contribution in [2.24, 2.45) is 0 Å². The maximum absolute atomic E-state index is 12.3. The van der Waals surface area contributed by atoms with E-state index in [-0.39, 0.29) is 24.0 Å². The van der Waals surface area contributed by atoms with Crippen molar-refractivity contribution in [2.45, 2.75) is 13.0 Å². The molecule has 0 spiro atoms. The molecule has 0 aliphatic heterocycles. The first-order valence-corrected chi connectivity index (χ1v) is 10.2. The topological polar surface area (TPSA) is 102 Å². The van der Waals surface area contributed by atoms with Crippen LogP contribution in [0.15, 0.2) is 82.4 Å². The summed E-state index contributed by atoms with van der Waals surface area (Å²) in [6.07, 6.45) is 3.35. The molecule has 0 bridgehead atoms. The molecule has 0 fully saturated rings. The molecular formula is C22H18BrN5O3. The highest BCUT2D eigenvalue weighted by molar-refractivity contribution is 9.10. The molecule has 2 N–H and O–H groups in total. The molecule has 2 heterocycles. The molecule has 9 heteroatoms. The van der Waals surface area contributed by atoms with Crippen LogP contribution in [0, 0.1) is 0 Å². The highest BCUT2D eigenvalue weighted by atomic mass is 79.9.